The number of rotatable bonds is 0. The van der Waals surface area contributed by atoms with Gasteiger partial charge in [-0.25, -0.2) is 0 Å². The molecule has 2 rings (SSSR count). The summed E-state index contributed by atoms with van der Waals surface area (Å²) in [6.07, 6.45) is 0. The van der Waals surface area contributed by atoms with Crippen molar-refractivity contribution in [3.8, 4) is 0 Å². The average molecular weight is 136 g/mol. The highest BCUT2D eigenvalue weighted by Gasteiger charge is 2.19. The van der Waals surface area contributed by atoms with Crippen LogP contribution in [-0.4, -0.2) is 0 Å². The van der Waals surface area contributed by atoms with Crippen molar-refractivity contribution in [1.82, 2.24) is 0 Å². The zero-order chi connectivity index (χ0) is 6.27. The molecule has 0 amide bonds. The molecule has 0 spiro atoms. The molecule has 9 heavy (non-hydrogen) atoms. The Morgan fingerprint density at radius 2 is 2.11 bits per heavy atom. The molecule has 2 atom stereocenters. The van der Waals surface area contributed by atoms with Gasteiger partial charge in [-0.2, -0.15) is 0 Å². The summed E-state index contributed by atoms with van der Waals surface area (Å²) in [5.74, 6) is 0. The zero-order valence-electron chi connectivity index (χ0n) is 5.39. The van der Waals surface area contributed by atoms with Crippen molar-refractivity contribution in [3.63, 3.8) is 0 Å². The van der Waals surface area contributed by atoms with Crippen molar-refractivity contribution >= 4 is 13.9 Å². The maximum atomic E-state index is 2.29. The Morgan fingerprint density at radius 1 is 1.33 bits per heavy atom. The second-order valence-electron chi connectivity index (χ2n) is 2.45. The molecule has 0 bridgehead atoms. The molecule has 2 unspecified atom stereocenters. The molecule has 46 valence electrons. The molecule has 1 aromatic carbocycles. The second-order valence-corrected chi connectivity index (χ2v) is 4.15. The first-order valence-electron chi connectivity index (χ1n) is 3.23. The Kier molecular flexibility index (Phi) is 1.10. The standard InChI is InChI=1S/C8H9P/c1-6-7-4-2-3-5-8(7)9-6/h2-6,9H,1H3. The Morgan fingerprint density at radius 3 is 2.67 bits per heavy atom. The van der Waals surface area contributed by atoms with Gasteiger partial charge in [0.1, 0.15) is 0 Å². The lowest BCUT2D eigenvalue weighted by atomic mass is 10.1. The summed E-state index contributed by atoms with van der Waals surface area (Å²) in [4.78, 5) is 0. The Hall–Kier alpha value is -0.350. The van der Waals surface area contributed by atoms with Crippen molar-refractivity contribution in [2.75, 3.05) is 0 Å². The summed E-state index contributed by atoms with van der Waals surface area (Å²) < 4.78 is 0. The number of benzene rings is 1. The van der Waals surface area contributed by atoms with Crippen LogP contribution in [0.2, 0.25) is 0 Å². The van der Waals surface area contributed by atoms with E-state index in [1.807, 2.05) is 0 Å². The van der Waals surface area contributed by atoms with E-state index < -0.39 is 0 Å². The first-order chi connectivity index (χ1) is 4.38. The van der Waals surface area contributed by atoms with Crippen LogP contribution in [0.15, 0.2) is 24.3 Å². The van der Waals surface area contributed by atoms with Gasteiger partial charge in [-0.3, -0.25) is 0 Å². The van der Waals surface area contributed by atoms with E-state index in [0.29, 0.717) is 0 Å². The van der Waals surface area contributed by atoms with Crippen molar-refractivity contribution in [2.24, 2.45) is 0 Å². The van der Waals surface area contributed by atoms with E-state index in [1.54, 1.807) is 10.9 Å². The first-order valence-corrected chi connectivity index (χ1v) is 4.31. The molecular formula is C8H9P. The van der Waals surface area contributed by atoms with E-state index in [0.717, 1.165) is 14.2 Å². The highest BCUT2D eigenvalue weighted by atomic mass is 31.1. The molecule has 1 aliphatic heterocycles. The van der Waals surface area contributed by atoms with Gasteiger partial charge in [0.25, 0.3) is 0 Å². The minimum Gasteiger partial charge on any atom is -0.0826 e. The Balaban J connectivity index is 2.51. The van der Waals surface area contributed by atoms with Gasteiger partial charge in [0, 0.05) is 5.66 Å². The van der Waals surface area contributed by atoms with Gasteiger partial charge >= 0.3 is 0 Å². The smallest absolute Gasteiger partial charge is 0.00326 e. The van der Waals surface area contributed by atoms with Crippen LogP contribution >= 0.6 is 8.58 Å². The first kappa shape index (κ1) is 5.44. The van der Waals surface area contributed by atoms with Crippen LogP contribution in [0.1, 0.15) is 18.1 Å². The van der Waals surface area contributed by atoms with E-state index in [4.69, 9.17) is 0 Å². The maximum absolute atomic E-state index is 2.29. The molecule has 1 aromatic rings. The van der Waals surface area contributed by atoms with Gasteiger partial charge in [0.05, 0.1) is 0 Å². The molecule has 0 nitrogen and oxygen atoms in total. The molecule has 1 heterocycles. The summed E-state index contributed by atoms with van der Waals surface area (Å²) in [7, 11) is 1.07. The second kappa shape index (κ2) is 1.82. The number of hydrogen-bond donors (Lipinski definition) is 0. The SMILES string of the molecule is CC1Pc2ccccc21. The molecule has 1 aliphatic rings. The molecule has 0 aliphatic carbocycles. The summed E-state index contributed by atoms with van der Waals surface area (Å²) in [5, 5.41) is 1.57. The van der Waals surface area contributed by atoms with E-state index in [2.05, 4.69) is 31.2 Å². The third-order valence-electron chi connectivity index (χ3n) is 1.80. The van der Waals surface area contributed by atoms with Crippen LogP contribution in [0.5, 0.6) is 0 Å². The molecule has 0 saturated carbocycles. The van der Waals surface area contributed by atoms with Gasteiger partial charge in [0.2, 0.25) is 0 Å². The Labute approximate surface area is 57.1 Å². The van der Waals surface area contributed by atoms with Crippen LogP contribution in [0.3, 0.4) is 0 Å². The number of fused-ring (bicyclic) bond motifs is 1. The molecule has 0 fully saturated rings. The lowest BCUT2D eigenvalue weighted by Gasteiger charge is -2.26. The lowest BCUT2D eigenvalue weighted by molar-refractivity contribution is 1.08. The van der Waals surface area contributed by atoms with Crippen LogP contribution < -0.4 is 5.30 Å². The van der Waals surface area contributed by atoms with Gasteiger partial charge in [0.15, 0.2) is 0 Å². The average Bonchev–Trinajstić information content (AvgIpc) is 1.86. The maximum Gasteiger partial charge on any atom is 0.00326 e. The zero-order valence-corrected chi connectivity index (χ0v) is 6.39. The minimum absolute atomic E-state index is 0.848. The fourth-order valence-corrected chi connectivity index (χ4v) is 2.54. The predicted octanol–water partition coefficient (Wildman–Crippen LogP) is 2.06. The van der Waals surface area contributed by atoms with Crippen molar-refractivity contribution in [2.45, 2.75) is 12.6 Å². The predicted molar refractivity (Wildman–Crippen MR) is 42.8 cm³/mol. The topological polar surface area (TPSA) is 0 Å². The molecule has 0 saturated heterocycles. The highest BCUT2D eigenvalue weighted by molar-refractivity contribution is 7.50. The third kappa shape index (κ3) is 0.702. The minimum atomic E-state index is 0.848. The van der Waals surface area contributed by atoms with Crippen molar-refractivity contribution in [3.05, 3.63) is 29.8 Å². The van der Waals surface area contributed by atoms with Gasteiger partial charge in [-0.15, -0.1) is 0 Å². The van der Waals surface area contributed by atoms with E-state index in [-0.39, 0.29) is 0 Å². The van der Waals surface area contributed by atoms with Crippen molar-refractivity contribution in [1.29, 1.82) is 0 Å². The van der Waals surface area contributed by atoms with Crippen molar-refractivity contribution < 1.29 is 0 Å². The lowest BCUT2D eigenvalue weighted by Crippen LogP contribution is -2.15. The largest absolute Gasteiger partial charge is 0.0826 e. The van der Waals surface area contributed by atoms with Crippen LogP contribution in [0.25, 0.3) is 0 Å². The Bertz CT molecular complexity index is 230. The molecular weight excluding hydrogens is 127 g/mol. The third-order valence-corrected chi connectivity index (χ3v) is 3.31. The van der Waals surface area contributed by atoms with Crippen LogP contribution in [0, 0.1) is 0 Å². The van der Waals surface area contributed by atoms with Gasteiger partial charge in [-0.05, 0) is 10.9 Å². The monoisotopic (exact) mass is 136 g/mol. The summed E-state index contributed by atoms with van der Waals surface area (Å²) in [6, 6.07) is 8.71. The normalized spacial score (nSPS) is 25.2. The molecule has 0 aromatic heterocycles. The highest BCUT2D eigenvalue weighted by Crippen LogP contribution is 2.43. The van der Waals surface area contributed by atoms with Crippen LogP contribution in [0.4, 0.5) is 0 Å². The molecule has 1 heteroatoms. The fraction of sp³-hybridized carbons (Fsp3) is 0.250. The summed E-state index contributed by atoms with van der Waals surface area (Å²) >= 11 is 0. The van der Waals surface area contributed by atoms with E-state index in [1.165, 1.54) is 0 Å². The summed E-state index contributed by atoms with van der Waals surface area (Å²) in [6.45, 7) is 2.29. The van der Waals surface area contributed by atoms with E-state index in [9.17, 15) is 0 Å². The van der Waals surface area contributed by atoms with Gasteiger partial charge in [-0.1, -0.05) is 39.8 Å². The molecule has 0 radical (unpaired) electrons. The number of hydrogen-bond acceptors (Lipinski definition) is 0. The summed E-state index contributed by atoms with van der Waals surface area (Å²) in [5.41, 5.74) is 2.41. The molecule has 0 N–H and O–H groups in total. The quantitative estimate of drug-likeness (QED) is 0.479. The van der Waals surface area contributed by atoms with Gasteiger partial charge < -0.3 is 0 Å². The van der Waals surface area contributed by atoms with E-state index >= 15 is 0 Å². The fourth-order valence-electron chi connectivity index (χ4n) is 1.24. The van der Waals surface area contributed by atoms with Crippen LogP contribution in [-0.2, 0) is 0 Å².